The van der Waals surface area contributed by atoms with Gasteiger partial charge in [0.05, 0.1) is 6.54 Å². The number of nitrogens with zero attached hydrogens (tertiary/aromatic N) is 1. The van der Waals surface area contributed by atoms with Crippen LogP contribution in [0.3, 0.4) is 0 Å². The van der Waals surface area contributed by atoms with Gasteiger partial charge in [-0.05, 0) is 37.1 Å². The number of likely N-dealkylation sites (tertiary alicyclic amines) is 1. The number of rotatable bonds is 3. The number of aliphatic hydroxyl groups is 1. The minimum Gasteiger partial charge on any atom is -0.481 e. The molecule has 1 unspecified atom stereocenters. The van der Waals surface area contributed by atoms with E-state index in [9.17, 15) is 23.1 Å². The van der Waals surface area contributed by atoms with Crippen LogP contribution in [0.25, 0.3) is 0 Å². The van der Waals surface area contributed by atoms with Crippen molar-refractivity contribution in [2.45, 2.75) is 24.6 Å². The number of halogens is 3. The van der Waals surface area contributed by atoms with Crippen LogP contribution in [0.1, 0.15) is 23.2 Å². The Bertz CT molecular complexity index is 606. The zero-order valence-corrected chi connectivity index (χ0v) is 12.3. The van der Waals surface area contributed by atoms with Gasteiger partial charge in [-0.3, -0.25) is 4.79 Å². The number of hydrogen-bond donors (Lipinski definition) is 1. The second kappa shape index (κ2) is 6.50. The van der Waals surface area contributed by atoms with E-state index in [1.54, 1.807) is 0 Å². The number of β-amino-alcohol motifs (C(OH)–C–C–N with tert-alkyl or cyclic N) is 1. The molecule has 0 spiro atoms. The first kappa shape index (κ1) is 17.2. The average Bonchev–Trinajstić information content (AvgIpc) is 2.52. The lowest BCUT2D eigenvalue weighted by molar-refractivity contribution is -0.271. The van der Waals surface area contributed by atoms with E-state index < -0.39 is 30.7 Å². The molecule has 23 heavy (non-hydrogen) atoms. The number of carbonyl (C=O) groups is 1. The van der Waals surface area contributed by atoms with E-state index in [1.807, 2.05) is 0 Å². The topological polar surface area (TPSA) is 49.8 Å². The first-order chi connectivity index (χ1) is 10.8. The summed E-state index contributed by atoms with van der Waals surface area (Å²) >= 11 is 0. The smallest absolute Gasteiger partial charge is 0.418 e. The van der Waals surface area contributed by atoms with Gasteiger partial charge < -0.3 is 14.7 Å². The van der Waals surface area contributed by atoms with Gasteiger partial charge in [-0.2, -0.15) is 13.2 Å². The Morgan fingerprint density at radius 3 is 2.61 bits per heavy atom. The maximum absolute atomic E-state index is 12.9. The van der Waals surface area contributed by atoms with Crippen LogP contribution in [0.4, 0.5) is 13.2 Å². The lowest BCUT2D eigenvalue weighted by Gasteiger charge is -2.40. The summed E-state index contributed by atoms with van der Waals surface area (Å²) in [4.78, 5) is 13.3. The Labute approximate surface area is 131 Å². The van der Waals surface area contributed by atoms with Crippen molar-refractivity contribution in [3.05, 3.63) is 29.8 Å². The molecule has 1 aromatic carbocycles. The van der Waals surface area contributed by atoms with E-state index in [0.717, 1.165) is 4.90 Å². The third-order valence-electron chi connectivity index (χ3n) is 3.71. The number of ether oxygens (including phenoxy) is 1. The van der Waals surface area contributed by atoms with Gasteiger partial charge in [0.25, 0.3) is 5.91 Å². The van der Waals surface area contributed by atoms with E-state index in [2.05, 4.69) is 5.92 Å². The lowest BCUT2D eigenvalue weighted by Crippen LogP contribution is -2.58. The largest absolute Gasteiger partial charge is 0.481 e. The zero-order chi connectivity index (χ0) is 17.1. The van der Waals surface area contributed by atoms with Crippen molar-refractivity contribution in [3.8, 4) is 18.1 Å². The fourth-order valence-electron chi connectivity index (χ4n) is 2.44. The SMILES string of the molecule is C#CCOc1ccc(C(=O)N2CCCC(O)(C(F)(F)F)C2)cc1. The number of amides is 1. The summed E-state index contributed by atoms with van der Waals surface area (Å²) in [7, 11) is 0. The van der Waals surface area contributed by atoms with E-state index >= 15 is 0 Å². The summed E-state index contributed by atoms with van der Waals surface area (Å²) in [5, 5.41) is 9.76. The molecular weight excluding hydrogens is 311 g/mol. The molecule has 0 bridgehead atoms. The highest BCUT2D eigenvalue weighted by atomic mass is 19.4. The molecule has 1 saturated heterocycles. The lowest BCUT2D eigenvalue weighted by atomic mass is 9.92. The van der Waals surface area contributed by atoms with Crippen molar-refractivity contribution >= 4 is 5.91 Å². The van der Waals surface area contributed by atoms with E-state index in [-0.39, 0.29) is 25.1 Å². The summed E-state index contributed by atoms with van der Waals surface area (Å²) in [6, 6.07) is 5.94. The molecule has 0 saturated carbocycles. The normalized spacial score (nSPS) is 21.6. The maximum atomic E-state index is 12.9. The van der Waals surface area contributed by atoms with E-state index in [4.69, 9.17) is 11.2 Å². The number of alkyl halides is 3. The number of hydrogen-bond acceptors (Lipinski definition) is 3. The number of terminal acetylenes is 1. The number of piperidine rings is 1. The fraction of sp³-hybridized carbons (Fsp3) is 0.438. The molecule has 0 aromatic heterocycles. The van der Waals surface area contributed by atoms with Crippen LogP contribution >= 0.6 is 0 Å². The molecule has 0 aliphatic carbocycles. The standard InChI is InChI=1S/C16H16F3NO3/c1-2-10-23-13-6-4-12(5-7-13)14(21)20-9-3-8-15(22,11-20)16(17,18)19/h1,4-7,22H,3,8-11H2. The molecule has 1 fully saturated rings. The third kappa shape index (κ3) is 3.77. The first-order valence-electron chi connectivity index (χ1n) is 7.01. The van der Waals surface area contributed by atoms with Gasteiger partial charge in [-0.1, -0.05) is 5.92 Å². The maximum Gasteiger partial charge on any atom is 0.418 e. The van der Waals surface area contributed by atoms with Crippen LogP contribution in [0.5, 0.6) is 5.75 Å². The quantitative estimate of drug-likeness (QED) is 0.866. The number of carbonyl (C=O) groups excluding carboxylic acids is 1. The Morgan fingerprint density at radius 1 is 1.39 bits per heavy atom. The van der Waals surface area contributed by atoms with Crippen molar-refractivity contribution in [2.75, 3.05) is 19.7 Å². The molecule has 1 amide bonds. The third-order valence-corrected chi connectivity index (χ3v) is 3.71. The van der Waals surface area contributed by atoms with Gasteiger partial charge in [-0.25, -0.2) is 0 Å². The molecule has 2 rings (SSSR count). The van der Waals surface area contributed by atoms with Crippen LogP contribution < -0.4 is 4.74 Å². The van der Waals surface area contributed by atoms with Crippen LogP contribution in [0.2, 0.25) is 0 Å². The second-order valence-corrected chi connectivity index (χ2v) is 5.38. The van der Waals surface area contributed by atoms with Crippen molar-refractivity contribution in [3.63, 3.8) is 0 Å². The first-order valence-corrected chi connectivity index (χ1v) is 7.01. The van der Waals surface area contributed by atoms with E-state index in [0.29, 0.717) is 5.75 Å². The van der Waals surface area contributed by atoms with Crippen molar-refractivity contribution in [1.82, 2.24) is 4.90 Å². The Balaban J connectivity index is 2.09. The second-order valence-electron chi connectivity index (χ2n) is 5.38. The Kier molecular flexibility index (Phi) is 4.85. The van der Waals surface area contributed by atoms with Gasteiger partial charge in [0.1, 0.15) is 12.4 Å². The summed E-state index contributed by atoms with van der Waals surface area (Å²) in [5.41, 5.74) is -2.62. The Hall–Kier alpha value is -2.20. The van der Waals surface area contributed by atoms with Crippen molar-refractivity contribution in [1.29, 1.82) is 0 Å². The minimum atomic E-state index is -4.77. The van der Waals surface area contributed by atoms with Crippen LogP contribution in [0.15, 0.2) is 24.3 Å². The molecule has 1 aliphatic heterocycles. The summed E-state index contributed by atoms with van der Waals surface area (Å²) in [5.74, 6) is 2.20. The van der Waals surface area contributed by atoms with E-state index in [1.165, 1.54) is 24.3 Å². The van der Waals surface area contributed by atoms with Crippen LogP contribution in [-0.2, 0) is 0 Å². The molecule has 1 atom stereocenters. The van der Waals surface area contributed by atoms with Gasteiger partial charge in [0.15, 0.2) is 5.60 Å². The summed E-state index contributed by atoms with van der Waals surface area (Å²) in [6.45, 7) is -0.505. The molecule has 4 nitrogen and oxygen atoms in total. The fourth-order valence-corrected chi connectivity index (χ4v) is 2.44. The molecule has 1 N–H and O–H groups in total. The van der Waals surface area contributed by atoms with Crippen molar-refractivity contribution < 1.29 is 27.8 Å². The molecule has 0 radical (unpaired) electrons. The molecule has 124 valence electrons. The Morgan fingerprint density at radius 2 is 2.04 bits per heavy atom. The van der Waals surface area contributed by atoms with Crippen LogP contribution in [0, 0.1) is 12.3 Å². The minimum absolute atomic E-state index is 0.0814. The molecule has 1 heterocycles. The molecule has 1 aromatic rings. The predicted octanol–water partition coefficient (Wildman–Crippen LogP) is 2.23. The number of benzene rings is 1. The monoisotopic (exact) mass is 327 g/mol. The average molecular weight is 327 g/mol. The predicted molar refractivity (Wildman–Crippen MR) is 76.9 cm³/mol. The molecule has 7 heteroatoms. The summed E-state index contributed by atoms with van der Waals surface area (Å²) in [6.07, 6.45) is -0.0191. The zero-order valence-electron chi connectivity index (χ0n) is 12.3. The van der Waals surface area contributed by atoms with Crippen LogP contribution in [-0.4, -0.2) is 47.4 Å². The highest BCUT2D eigenvalue weighted by molar-refractivity contribution is 5.94. The summed E-state index contributed by atoms with van der Waals surface area (Å²) < 4.78 is 43.9. The molecule has 1 aliphatic rings. The highest BCUT2D eigenvalue weighted by Crippen LogP contribution is 2.37. The van der Waals surface area contributed by atoms with Crippen molar-refractivity contribution in [2.24, 2.45) is 0 Å². The van der Waals surface area contributed by atoms with Gasteiger partial charge in [-0.15, -0.1) is 6.42 Å². The van der Waals surface area contributed by atoms with Gasteiger partial charge >= 0.3 is 6.18 Å². The molecular formula is C16H16F3NO3. The van der Waals surface area contributed by atoms with Gasteiger partial charge in [0, 0.05) is 12.1 Å². The highest BCUT2D eigenvalue weighted by Gasteiger charge is 2.55. The van der Waals surface area contributed by atoms with Gasteiger partial charge in [0.2, 0.25) is 0 Å².